The van der Waals surface area contributed by atoms with E-state index in [9.17, 15) is 4.79 Å². The molecule has 3 rings (SSSR count). The summed E-state index contributed by atoms with van der Waals surface area (Å²) in [5, 5.41) is 3.44. The van der Waals surface area contributed by atoms with Gasteiger partial charge < -0.3 is 10.2 Å². The van der Waals surface area contributed by atoms with Crippen molar-refractivity contribution in [2.45, 2.75) is 45.2 Å². The van der Waals surface area contributed by atoms with Gasteiger partial charge in [-0.25, -0.2) is 0 Å². The minimum absolute atomic E-state index is 0.0931. The first kappa shape index (κ1) is 17.4. The smallest absolute Gasteiger partial charge is 0.239 e. The van der Waals surface area contributed by atoms with Gasteiger partial charge in [-0.1, -0.05) is 37.3 Å². The molecule has 0 spiro atoms. The molecule has 1 aromatic carbocycles. The maximum absolute atomic E-state index is 13.0. The summed E-state index contributed by atoms with van der Waals surface area (Å²) in [7, 11) is 0. The average Bonchev–Trinajstić information content (AvgIpc) is 3.09. The molecule has 0 radical (unpaired) electrons. The van der Waals surface area contributed by atoms with Gasteiger partial charge in [0.05, 0.1) is 6.04 Å². The molecule has 4 heteroatoms. The van der Waals surface area contributed by atoms with Crippen molar-refractivity contribution in [3.63, 3.8) is 0 Å². The first-order valence-electron chi connectivity index (χ1n) is 9.55. The predicted octanol–water partition coefficient (Wildman–Crippen LogP) is 2.50. The fourth-order valence-corrected chi connectivity index (χ4v) is 4.03. The van der Waals surface area contributed by atoms with E-state index < -0.39 is 0 Å². The first-order valence-corrected chi connectivity index (χ1v) is 9.55. The maximum atomic E-state index is 13.0. The van der Waals surface area contributed by atoms with E-state index in [1.165, 1.54) is 5.56 Å². The van der Waals surface area contributed by atoms with Crippen LogP contribution in [0.5, 0.6) is 0 Å². The van der Waals surface area contributed by atoms with E-state index in [2.05, 4.69) is 46.3 Å². The van der Waals surface area contributed by atoms with Gasteiger partial charge in [-0.2, -0.15) is 0 Å². The van der Waals surface area contributed by atoms with E-state index in [-0.39, 0.29) is 6.04 Å². The van der Waals surface area contributed by atoms with E-state index in [1.54, 1.807) is 0 Å². The number of nitrogens with one attached hydrogen (secondary N) is 1. The Labute approximate surface area is 146 Å². The lowest BCUT2D eigenvalue weighted by Crippen LogP contribution is -2.48. The molecule has 1 atom stereocenters. The molecule has 2 saturated heterocycles. The second-order valence-electron chi connectivity index (χ2n) is 7.19. The second kappa shape index (κ2) is 8.63. The van der Waals surface area contributed by atoms with Gasteiger partial charge >= 0.3 is 0 Å². The summed E-state index contributed by atoms with van der Waals surface area (Å²) in [5.74, 6) is 1.10. The van der Waals surface area contributed by atoms with Crippen LogP contribution >= 0.6 is 0 Å². The van der Waals surface area contributed by atoms with Gasteiger partial charge in [0.2, 0.25) is 5.91 Å². The Hall–Kier alpha value is -1.39. The Morgan fingerprint density at radius 2 is 1.88 bits per heavy atom. The van der Waals surface area contributed by atoms with Gasteiger partial charge in [0.1, 0.15) is 0 Å². The van der Waals surface area contributed by atoms with Crippen molar-refractivity contribution in [2.24, 2.45) is 5.92 Å². The lowest BCUT2D eigenvalue weighted by Gasteiger charge is -2.35. The fraction of sp³-hybridized carbons (Fsp3) is 0.650. The summed E-state index contributed by atoms with van der Waals surface area (Å²) < 4.78 is 0. The summed E-state index contributed by atoms with van der Waals surface area (Å²) in [4.78, 5) is 17.5. The topological polar surface area (TPSA) is 35.6 Å². The number of rotatable bonds is 6. The molecule has 2 aliphatic rings. The molecule has 2 aliphatic heterocycles. The molecule has 0 saturated carbocycles. The summed E-state index contributed by atoms with van der Waals surface area (Å²) in [5.41, 5.74) is 1.31. The number of hydrogen-bond donors (Lipinski definition) is 1. The van der Waals surface area contributed by atoms with Crippen molar-refractivity contribution in [3.8, 4) is 0 Å². The quantitative estimate of drug-likeness (QED) is 0.871. The van der Waals surface area contributed by atoms with Crippen molar-refractivity contribution in [1.29, 1.82) is 0 Å². The van der Waals surface area contributed by atoms with Gasteiger partial charge in [-0.3, -0.25) is 9.69 Å². The molecule has 1 aromatic rings. The highest BCUT2D eigenvalue weighted by molar-refractivity contribution is 5.82. The van der Waals surface area contributed by atoms with Crippen LogP contribution in [0.25, 0.3) is 0 Å². The van der Waals surface area contributed by atoms with Crippen molar-refractivity contribution in [1.82, 2.24) is 15.1 Å². The number of carbonyl (C=O) groups is 1. The van der Waals surface area contributed by atoms with Gasteiger partial charge in [0, 0.05) is 19.6 Å². The van der Waals surface area contributed by atoms with Crippen molar-refractivity contribution < 1.29 is 4.79 Å². The molecule has 2 fully saturated rings. The molecule has 1 N–H and O–H groups in total. The minimum Gasteiger partial charge on any atom is -0.341 e. The standard InChI is InChI=1S/C20H31N3O/c1-2-21-15-17-10-13-22(14-11-17)20(24)19-9-6-12-23(19)16-18-7-4-3-5-8-18/h3-5,7-8,17,19,21H,2,6,9-16H2,1H3. The van der Waals surface area contributed by atoms with Gasteiger partial charge in [0.25, 0.3) is 0 Å². The molecule has 0 aliphatic carbocycles. The van der Waals surface area contributed by atoms with E-state index in [0.717, 1.165) is 70.9 Å². The highest BCUT2D eigenvalue weighted by Crippen LogP contribution is 2.24. The van der Waals surface area contributed by atoms with E-state index in [0.29, 0.717) is 5.91 Å². The second-order valence-corrected chi connectivity index (χ2v) is 7.19. The number of likely N-dealkylation sites (tertiary alicyclic amines) is 2. The van der Waals surface area contributed by atoms with Crippen LogP contribution in [0, 0.1) is 5.92 Å². The van der Waals surface area contributed by atoms with Crippen LogP contribution < -0.4 is 5.32 Å². The number of carbonyl (C=O) groups excluding carboxylic acids is 1. The van der Waals surface area contributed by atoms with Gasteiger partial charge in [-0.15, -0.1) is 0 Å². The molecule has 4 nitrogen and oxygen atoms in total. The molecule has 1 unspecified atom stereocenters. The zero-order chi connectivity index (χ0) is 16.8. The van der Waals surface area contributed by atoms with Gasteiger partial charge in [-0.05, 0) is 56.8 Å². The predicted molar refractivity (Wildman–Crippen MR) is 97.7 cm³/mol. The van der Waals surface area contributed by atoms with E-state index in [4.69, 9.17) is 0 Å². The Bertz CT molecular complexity index is 511. The average molecular weight is 329 g/mol. The number of hydrogen-bond acceptors (Lipinski definition) is 3. The van der Waals surface area contributed by atoms with Crippen LogP contribution in [-0.4, -0.2) is 54.5 Å². The highest BCUT2D eigenvalue weighted by atomic mass is 16.2. The van der Waals surface area contributed by atoms with Crippen molar-refractivity contribution in [2.75, 3.05) is 32.7 Å². The number of amides is 1. The molecular weight excluding hydrogens is 298 g/mol. The van der Waals surface area contributed by atoms with Crippen LogP contribution in [0.4, 0.5) is 0 Å². The normalized spacial score (nSPS) is 22.9. The SMILES string of the molecule is CCNCC1CCN(C(=O)C2CCCN2Cc2ccccc2)CC1. The van der Waals surface area contributed by atoms with E-state index >= 15 is 0 Å². The third-order valence-electron chi connectivity index (χ3n) is 5.49. The molecule has 2 heterocycles. The van der Waals surface area contributed by atoms with Crippen LogP contribution in [0.1, 0.15) is 38.2 Å². The number of piperidine rings is 1. The summed E-state index contributed by atoms with van der Waals surface area (Å²) in [6.45, 7) is 8.10. The zero-order valence-corrected chi connectivity index (χ0v) is 14.9. The zero-order valence-electron chi connectivity index (χ0n) is 14.9. The molecular formula is C20H31N3O. The van der Waals surface area contributed by atoms with Crippen molar-refractivity contribution in [3.05, 3.63) is 35.9 Å². The molecule has 0 bridgehead atoms. The number of benzene rings is 1. The Morgan fingerprint density at radius 3 is 2.58 bits per heavy atom. The monoisotopic (exact) mass is 329 g/mol. The Kier molecular flexibility index (Phi) is 6.27. The maximum Gasteiger partial charge on any atom is 0.239 e. The number of nitrogens with zero attached hydrogens (tertiary/aromatic N) is 2. The lowest BCUT2D eigenvalue weighted by molar-refractivity contribution is -0.137. The molecule has 1 amide bonds. The van der Waals surface area contributed by atoms with Crippen LogP contribution in [0.2, 0.25) is 0 Å². The minimum atomic E-state index is 0.0931. The van der Waals surface area contributed by atoms with Crippen molar-refractivity contribution >= 4 is 5.91 Å². The largest absolute Gasteiger partial charge is 0.341 e. The molecule has 0 aromatic heterocycles. The summed E-state index contributed by atoms with van der Waals surface area (Å²) in [6.07, 6.45) is 4.44. The highest BCUT2D eigenvalue weighted by Gasteiger charge is 2.34. The molecule has 132 valence electrons. The lowest BCUT2D eigenvalue weighted by atomic mass is 9.96. The Balaban J connectivity index is 1.52. The fourth-order valence-electron chi connectivity index (χ4n) is 4.03. The summed E-state index contributed by atoms with van der Waals surface area (Å²) in [6, 6.07) is 10.6. The van der Waals surface area contributed by atoms with E-state index in [1.807, 2.05) is 6.07 Å². The Morgan fingerprint density at radius 1 is 1.12 bits per heavy atom. The van der Waals surface area contributed by atoms with Crippen LogP contribution in [0.15, 0.2) is 30.3 Å². The first-order chi connectivity index (χ1) is 11.8. The molecule has 24 heavy (non-hydrogen) atoms. The van der Waals surface area contributed by atoms with Gasteiger partial charge in [0.15, 0.2) is 0 Å². The third kappa shape index (κ3) is 4.37. The third-order valence-corrected chi connectivity index (χ3v) is 5.49. The van der Waals surface area contributed by atoms with Crippen LogP contribution in [-0.2, 0) is 11.3 Å². The van der Waals surface area contributed by atoms with Crippen LogP contribution in [0.3, 0.4) is 0 Å². The summed E-state index contributed by atoms with van der Waals surface area (Å²) >= 11 is 0.